The van der Waals surface area contributed by atoms with Crippen molar-refractivity contribution in [3.05, 3.63) is 0 Å². The van der Waals surface area contributed by atoms with Gasteiger partial charge in [0.2, 0.25) is 0 Å². The molecule has 0 aliphatic rings. The van der Waals surface area contributed by atoms with Gasteiger partial charge in [-0.3, -0.25) is 4.79 Å². The Bertz CT molecular complexity index is 266. The molecule has 0 aliphatic heterocycles. The molecule has 5 nitrogen and oxygen atoms in total. The topological polar surface area (TPSA) is 69.6 Å². The van der Waals surface area contributed by atoms with E-state index in [0.29, 0.717) is 12.5 Å². The molecule has 0 aromatic heterocycles. The summed E-state index contributed by atoms with van der Waals surface area (Å²) in [4.78, 5) is 24.1. The van der Waals surface area contributed by atoms with Crippen LogP contribution < -0.4 is 5.32 Å². The SMILES string of the molecule is CCN(CC(C)C(=O)O)C(=O)NC(C)C(C)C. The molecule has 0 heterocycles. The molecule has 0 spiro atoms. The Morgan fingerprint density at radius 2 is 1.76 bits per heavy atom. The molecule has 0 aromatic carbocycles. The second-order valence-electron chi connectivity index (χ2n) is 4.76. The van der Waals surface area contributed by atoms with E-state index in [2.05, 4.69) is 5.32 Å². The maximum absolute atomic E-state index is 11.9. The summed E-state index contributed by atoms with van der Waals surface area (Å²) in [5.41, 5.74) is 0. The molecule has 0 fully saturated rings. The quantitative estimate of drug-likeness (QED) is 0.748. The van der Waals surface area contributed by atoms with E-state index in [4.69, 9.17) is 5.11 Å². The molecule has 0 radical (unpaired) electrons. The van der Waals surface area contributed by atoms with E-state index in [0.717, 1.165) is 0 Å². The third-order valence-electron chi connectivity index (χ3n) is 2.94. The van der Waals surface area contributed by atoms with Crippen LogP contribution in [-0.2, 0) is 4.79 Å². The Hall–Kier alpha value is -1.26. The van der Waals surface area contributed by atoms with Gasteiger partial charge >= 0.3 is 12.0 Å². The van der Waals surface area contributed by atoms with Crippen LogP contribution in [0, 0.1) is 11.8 Å². The number of urea groups is 1. The summed E-state index contributed by atoms with van der Waals surface area (Å²) in [5, 5.41) is 11.7. The molecular formula is C12H24N2O3. The van der Waals surface area contributed by atoms with Gasteiger partial charge in [0, 0.05) is 19.1 Å². The van der Waals surface area contributed by atoms with Crippen LogP contribution in [0.5, 0.6) is 0 Å². The largest absolute Gasteiger partial charge is 0.481 e. The van der Waals surface area contributed by atoms with Gasteiger partial charge in [0.15, 0.2) is 0 Å². The summed E-state index contributed by atoms with van der Waals surface area (Å²) in [5.74, 6) is -1.07. The first-order valence-electron chi connectivity index (χ1n) is 6.07. The van der Waals surface area contributed by atoms with E-state index < -0.39 is 11.9 Å². The number of nitrogens with one attached hydrogen (secondary N) is 1. The monoisotopic (exact) mass is 244 g/mol. The van der Waals surface area contributed by atoms with Crippen LogP contribution >= 0.6 is 0 Å². The molecule has 0 bridgehead atoms. The van der Waals surface area contributed by atoms with Gasteiger partial charge in [0.05, 0.1) is 5.92 Å². The second-order valence-corrected chi connectivity index (χ2v) is 4.76. The highest BCUT2D eigenvalue weighted by Crippen LogP contribution is 2.04. The molecule has 0 aromatic rings. The Morgan fingerprint density at radius 1 is 1.24 bits per heavy atom. The zero-order valence-corrected chi connectivity index (χ0v) is 11.4. The van der Waals surface area contributed by atoms with Crippen LogP contribution in [0.25, 0.3) is 0 Å². The molecule has 0 saturated heterocycles. The molecule has 0 aliphatic carbocycles. The molecular weight excluding hydrogens is 220 g/mol. The van der Waals surface area contributed by atoms with E-state index in [1.54, 1.807) is 6.92 Å². The fourth-order valence-electron chi connectivity index (χ4n) is 1.22. The molecule has 2 unspecified atom stereocenters. The van der Waals surface area contributed by atoms with Crippen LogP contribution in [0.4, 0.5) is 4.79 Å². The Labute approximate surface area is 103 Å². The number of carbonyl (C=O) groups is 2. The molecule has 2 N–H and O–H groups in total. The van der Waals surface area contributed by atoms with Crippen LogP contribution in [0.2, 0.25) is 0 Å². The minimum absolute atomic E-state index is 0.0803. The number of hydrogen-bond acceptors (Lipinski definition) is 2. The van der Waals surface area contributed by atoms with E-state index >= 15 is 0 Å². The van der Waals surface area contributed by atoms with E-state index in [-0.39, 0.29) is 18.6 Å². The first-order valence-corrected chi connectivity index (χ1v) is 6.07. The van der Waals surface area contributed by atoms with Gasteiger partial charge in [-0.2, -0.15) is 0 Å². The van der Waals surface area contributed by atoms with Crippen LogP contribution in [-0.4, -0.2) is 41.1 Å². The maximum atomic E-state index is 11.9. The van der Waals surface area contributed by atoms with Crippen LogP contribution in [0.1, 0.15) is 34.6 Å². The third-order valence-corrected chi connectivity index (χ3v) is 2.94. The number of carboxylic acid groups (broad SMARTS) is 1. The minimum atomic E-state index is -0.881. The van der Waals surface area contributed by atoms with Crippen molar-refractivity contribution in [2.24, 2.45) is 11.8 Å². The Kier molecular flexibility index (Phi) is 6.61. The lowest BCUT2D eigenvalue weighted by atomic mass is 10.1. The molecule has 5 heteroatoms. The van der Waals surface area contributed by atoms with Crippen LogP contribution in [0.3, 0.4) is 0 Å². The fraction of sp³-hybridized carbons (Fsp3) is 0.833. The average molecular weight is 244 g/mol. The zero-order chi connectivity index (χ0) is 13.6. The van der Waals surface area contributed by atoms with Gasteiger partial charge in [-0.15, -0.1) is 0 Å². The second kappa shape index (κ2) is 7.14. The highest BCUT2D eigenvalue weighted by atomic mass is 16.4. The fourth-order valence-corrected chi connectivity index (χ4v) is 1.22. The summed E-state index contributed by atoms with van der Waals surface area (Å²) in [6.07, 6.45) is 0. The summed E-state index contributed by atoms with van der Waals surface area (Å²) in [6, 6.07) is -0.113. The first-order chi connectivity index (χ1) is 7.79. The highest BCUT2D eigenvalue weighted by Gasteiger charge is 2.20. The van der Waals surface area contributed by atoms with Gasteiger partial charge in [-0.05, 0) is 19.8 Å². The molecule has 17 heavy (non-hydrogen) atoms. The van der Waals surface area contributed by atoms with Crippen molar-refractivity contribution < 1.29 is 14.7 Å². The molecule has 100 valence electrons. The lowest BCUT2D eigenvalue weighted by Gasteiger charge is -2.26. The number of aliphatic carboxylic acids is 1. The number of nitrogens with zero attached hydrogens (tertiary/aromatic N) is 1. The number of carbonyl (C=O) groups excluding carboxylic acids is 1. The zero-order valence-electron chi connectivity index (χ0n) is 11.4. The molecule has 2 atom stereocenters. The third kappa shape index (κ3) is 5.56. The average Bonchev–Trinajstić information content (AvgIpc) is 2.24. The molecule has 0 rings (SSSR count). The first kappa shape index (κ1) is 15.7. The van der Waals surface area contributed by atoms with E-state index in [1.165, 1.54) is 4.90 Å². The Balaban J connectivity index is 4.36. The Morgan fingerprint density at radius 3 is 2.12 bits per heavy atom. The van der Waals surface area contributed by atoms with Crippen molar-refractivity contribution >= 4 is 12.0 Å². The molecule has 2 amide bonds. The predicted octanol–water partition coefficient (Wildman–Crippen LogP) is 1.78. The number of hydrogen-bond donors (Lipinski definition) is 2. The smallest absolute Gasteiger partial charge is 0.317 e. The lowest BCUT2D eigenvalue weighted by Crippen LogP contribution is -2.47. The highest BCUT2D eigenvalue weighted by molar-refractivity contribution is 5.76. The standard InChI is InChI=1S/C12H24N2O3/c1-6-14(7-9(4)11(15)16)12(17)13-10(5)8(2)3/h8-10H,6-7H2,1-5H3,(H,13,17)(H,15,16). The molecule has 0 saturated carbocycles. The van der Waals surface area contributed by atoms with Gasteiger partial charge in [0.1, 0.15) is 0 Å². The van der Waals surface area contributed by atoms with Crippen molar-refractivity contribution in [1.29, 1.82) is 0 Å². The number of rotatable bonds is 6. The number of amides is 2. The van der Waals surface area contributed by atoms with Gasteiger partial charge in [0.25, 0.3) is 0 Å². The summed E-state index contributed by atoms with van der Waals surface area (Å²) in [7, 11) is 0. The number of carboxylic acids is 1. The van der Waals surface area contributed by atoms with Crippen molar-refractivity contribution in [2.75, 3.05) is 13.1 Å². The van der Waals surface area contributed by atoms with Gasteiger partial charge in [-0.1, -0.05) is 20.8 Å². The summed E-state index contributed by atoms with van der Waals surface area (Å²) in [6.45, 7) is 10.2. The van der Waals surface area contributed by atoms with Crippen molar-refractivity contribution in [2.45, 2.75) is 40.7 Å². The summed E-state index contributed by atoms with van der Waals surface area (Å²) >= 11 is 0. The van der Waals surface area contributed by atoms with Crippen molar-refractivity contribution in [3.8, 4) is 0 Å². The normalized spacial score (nSPS) is 14.2. The summed E-state index contributed by atoms with van der Waals surface area (Å²) < 4.78 is 0. The van der Waals surface area contributed by atoms with E-state index in [9.17, 15) is 9.59 Å². The van der Waals surface area contributed by atoms with Gasteiger partial charge in [-0.25, -0.2) is 4.79 Å². The van der Waals surface area contributed by atoms with Gasteiger partial charge < -0.3 is 15.3 Å². The predicted molar refractivity (Wildman–Crippen MR) is 66.9 cm³/mol. The van der Waals surface area contributed by atoms with Crippen molar-refractivity contribution in [1.82, 2.24) is 10.2 Å². The van der Waals surface area contributed by atoms with Crippen LogP contribution in [0.15, 0.2) is 0 Å². The van der Waals surface area contributed by atoms with Crippen molar-refractivity contribution in [3.63, 3.8) is 0 Å². The lowest BCUT2D eigenvalue weighted by molar-refractivity contribution is -0.141. The van der Waals surface area contributed by atoms with E-state index in [1.807, 2.05) is 27.7 Å². The maximum Gasteiger partial charge on any atom is 0.317 e. The minimum Gasteiger partial charge on any atom is -0.481 e.